The van der Waals surface area contributed by atoms with Crippen molar-refractivity contribution < 1.29 is 13.9 Å². The maximum absolute atomic E-state index is 5.96. The molecule has 3 aromatic carbocycles. The molecular weight excluding hydrogens is 338 g/mol. The van der Waals surface area contributed by atoms with Gasteiger partial charge in [-0.05, 0) is 40.5 Å². The lowest BCUT2D eigenvalue weighted by molar-refractivity contribution is -0.0461. The first kappa shape index (κ1) is 16.5. The molecule has 4 aromatic rings. The van der Waals surface area contributed by atoms with Gasteiger partial charge >= 0.3 is 0 Å². The number of ether oxygens (including phenoxy) is 2. The van der Waals surface area contributed by atoms with E-state index in [0.29, 0.717) is 19.6 Å². The van der Waals surface area contributed by atoms with Gasteiger partial charge in [-0.25, -0.2) is 4.98 Å². The van der Waals surface area contributed by atoms with E-state index in [4.69, 9.17) is 18.9 Å². The minimum Gasteiger partial charge on any atom is -0.440 e. The number of aromatic nitrogens is 1. The van der Waals surface area contributed by atoms with E-state index in [2.05, 4.69) is 54.6 Å². The molecule has 1 aliphatic rings. The quantitative estimate of drug-likeness (QED) is 0.509. The monoisotopic (exact) mass is 359 g/mol. The molecule has 0 aliphatic carbocycles. The Morgan fingerprint density at radius 3 is 2.56 bits per heavy atom. The summed E-state index contributed by atoms with van der Waals surface area (Å²) in [5.74, 6) is 0.750. The van der Waals surface area contributed by atoms with Crippen LogP contribution in [0, 0.1) is 0 Å². The van der Waals surface area contributed by atoms with Gasteiger partial charge < -0.3 is 13.9 Å². The van der Waals surface area contributed by atoms with E-state index >= 15 is 0 Å². The van der Waals surface area contributed by atoms with Gasteiger partial charge in [-0.1, -0.05) is 48.5 Å². The molecular formula is C23H21NO3. The number of hydrogen-bond acceptors (Lipinski definition) is 4. The topological polar surface area (TPSA) is 44.5 Å². The average molecular weight is 359 g/mol. The third-order valence-corrected chi connectivity index (χ3v) is 5.03. The van der Waals surface area contributed by atoms with Gasteiger partial charge in [0.25, 0.3) is 0 Å². The van der Waals surface area contributed by atoms with E-state index in [1.54, 1.807) is 0 Å². The first-order chi connectivity index (χ1) is 13.3. The molecule has 136 valence electrons. The lowest BCUT2D eigenvalue weighted by atomic mass is 10.1. The number of rotatable bonds is 5. The van der Waals surface area contributed by atoms with Crippen LogP contribution in [-0.4, -0.2) is 24.5 Å². The van der Waals surface area contributed by atoms with E-state index in [9.17, 15) is 0 Å². The Balaban J connectivity index is 1.33. The van der Waals surface area contributed by atoms with Gasteiger partial charge in [0.15, 0.2) is 17.8 Å². The van der Waals surface area contributed by atoms with Gasteiger partial charge in [-0.15, -0.1) is 0 Å². The average Bonchev–Trinajstić information content (AvgIpc) is 3.35. The Morgan fingerprint density at radius 1 is 0.852 bits per heavy atom. The molecule has 1 fully saturated rings. The molecule has 1 saturated heterocycles. The minimum atomic E-state index is -0.0681. The lowest BCUT2D eigenvalue weighted by Gasteiger charge is -2.08. The van der Waals surface area contributed by atoms with Crippen LogP contribution in [0.5, 0.6) is 0 Å². The number of oxazole rings is 1. The first-order valence-electron chi connectivity index (χ1n) is 9.43. The fraction of sp³-hybridized carbons (Fsp3) is 0.261. The van der Waals surface area contributed by atoms with Crippen molar-refractivity contribution in [3.63, 3.8) is 0 Å². The van der Waals surface area contributed by atoms with Crippen LogP contribution >= 0.6 is 0 Å². The standard InChI is InChI=1S/C23H21NO3/c1-2-4-19-13-17(5-8-18(19)3-1)15-22-24-20-14-16(6-9-21(20)27-22)7-10-23-25-11-12-26-23/h1-6,8-9,13-14,23H,7,10-12,15H2. The van der Waals surface area contributed by atoms with Crippen molar-refractivity contribution in [3.05, 3.63) is 77.7 Å². The smallest absolute Gasteiger partial charge is 0.199 e. The van der Waals surface area contributed by atoms with Crippen LogP contribution in [0.3, 0.4) is 0 Å². The molecule has 0 bridgehead atoms. The SMILES string of the molecule is c1ccc2cc(Cc3nc4cc(CCC5OCCO5)ccc4o3)ccc2c1. The molecule has 0 unspecified atom stereocenters. The summed E-state index contributed by atoms with van der Waals surface area (Å²) in [5, 5.41) is 2.49. The second-order valence-corrected chi connectivity index (χ2v) is 6.98. The van der Waals surface area contributed by atoms with Crippen LogP contribution in [0.1, 0.15) is 23.4 Å². The number of aryl methyl sites for hydroxylation is 1. The fourth-order valence-electron chi connectivity index (χ4n) is 3.63. The normalized spacial score (nSPS) is 15.1. The highest BCUT2D eigenvalue weighted by Gasteiger charge is 2.16. The summed E-state index contributed by atoms with van der Waals surface area (Å²) in [6.45, 7) is 1.40. The van der Waals surface area contributed by atoms with Crippen LogP contribution in [0.25, 0.3) is 21.9 Å². The second kappa shape index (κ2) is 7.14. The molecule has 2 heterocycles. The van der Waals surface area contributed by atoms with E-state index in [-0.39, 0.29) is 6.29 Å². The number of hydrogen-bond donors (Lipinski definition) is 0. The molecule has 0 spiro atoms. The molecule has 1 aliphatic heterocycles. The summed E-state index contributed by atoms with van der Waals surface area (Å²) in [6.07, 6.45) is 2.40. The lowest BCUT2D eigenvalue weighted by Crippen LogP contribution is -2.08. The third kappa shape index (κ3) is 3.59. The first-order valence-corrected chi connectivity index (χ1v) is 9.43. The van der Waals surface area contributed by atoms with Gasteiger partial charge in [0.1, 0.15) is 5.52 Å². The molecule has 0 saturated carbocycles. The summed E-state index contributed by atoms with van der Waals surface area (Å²) in [7, 11) is 0. The van der Waals surface area contributed by atoms with Crippen molar-refractivity contribution in [3.8, 4) is 0 Å². The highest BCUT2D eigenvalue weighted by atomic mass is 16.7. The highest BCUT2D eigenvalue weighted by molar-refractivity contribution is 5.83. The van der Waals surface area contributed by atoms with E-state index < -0.39 is 0 Å². The van der Waals surface area contributed by atoms with Gasteiger partial charge in [0.2, 0.25) is 0 Å². The van der Waals surface area contributed by atoms with Crippen LogP contribution in [0.2, 0.25) is 0 Å². The van der Waals surface area contributed by atoms with Crippen LogP contribution < -0.4 is 0 Å². The Morgan fingerprint density at radius 2 is 1.67 bits per heavy atom. The van der Waals surface area contributed by atoms with E-state index in [1.165, 1.54) is 21.9 Å². The summed E-state index contributed by atoms with van der Waals surface area (Å²) >= 11 is 0. The van der Waals surface area contributed by atoms with Crippen molar-refractivity contribution >= 4 is 21.9 Å². The number of fused-ring (bicyclic) bond motifs is 2. The van der Waals surface area contributed by atoms with E-state index in [1.807, 2.05) is 6.07 Å². The molecule has 0 amide bonds. The predicted molar refractivity (Wildman–Crippen MR) is 105 cm³/mol. The van der Waals surface area contributed by atoms with Gasteiger partial charge in [-0.2, -0.15) is 0 Å². The van der Waals surface area contributed by atoms with Crippen molar-refractivity contribution in [2.75, 3.05) is 13.2 Å². The van der Waals surface area contributed by atoms with Crippen LogP contribution in [0.15, 0.2) is 65.1 Å². The Labute approximate surface area is 157 Å². The Kier molecular flexibility index (Phi) is 4.36. The number of nitrogens with zero attached hydrogens (tertiary/aromatic N) is 1. The van der Waals surface area contributed by atoms with Crippen molar-refractivity contribution in [2.45, 2.75) is 25.6 Å². The van der Waals surface area contributed by atoms with Crippen molar-refractivity contribution in [1.82, 2.24) is 4.98 Å². The summed E-state index contributed by atoms with van der Waals surface area (Å²) in [6, 6.07) is 21.1. The molecule has 27 heavy (non-hydrogen) atoms. The molecule has 5 rings (SSSR count). The Hall–Kier alpha value is -2.69. The van der Waals surface area contributed by atoms with Gasteiger partial charge in [0.05, 0.1) is 13.2 Å². The zero-order chi connectivity index (χ0) is 18.1. The molecule has 0 atom stereocenters. The zero-order valence-corrected chi connectivity index (χ0v) is 15.1. The highest BCUT2D eigenvalue weighted by Crippen LogP contribution is 2.22. The Bertz CT molecular complexity index is 1080. The van der Waals surface area contributed by atoms with Gasteiger partial charge in [-0.3, -0.25) is 0 Å². The largest absolute Gasteiger partial charge is 0.440 e. The van der Waals surface area contributed by atoms with Crippen molar-refractivity contribution in [1.29, 1.82) is 0 Å². The van der Waals surface area contributed by atoms with Crippen LogP contribution in [-0.2, 0) is 22.3 Å². The third-order valence-electron chi connectivity index (χ3n) is 5.03. The summed E-state index contributed by atoms with van der Waals surface area (Å²) < 4.78 is 17.0. The van der Waals surface area contributed by atoms with Gasteiger partial charge in [0, 0.05) is 12.8 Å². The van der Waals surface area contributed by atoms with E-state index in [0.717, 1.165) is 29.8 Å². The van der Waals surface area contributed by atoms with Crippen LogP contribution in [0.4, 0.5) is 0 Å². The second-order valence-electron chi connectivity index (χ2n) is 6.98. The van der Waals surface area contributed by atoms with Crippen molar-refractivity contribution in [2.24, 2.45) is 0 Å². The molecule has 4 nitrogen and oxygen atoms in total. The molecule has 0 radical (unpaired) electrons. The maximum atomic E-state index is 5.96. The molecule has 0 N–H and O–H groups in total. The maximum Gasteiger partial charge on any atom is 0.199 e. The minimum absolute atomic E-state index is 0.0681. The predicted octanol–water partition coefficient (Wildman–Crippen LogP) is 4.88. The summed E-state index contributed by atoms with van der Waals surface area (Å²) in [5.41, 5.74) is 4.18. The zero-order valence-electron chi connectivity index (χ0n) is 15.1. The fourth-order valence-corrected chi connectivity index (χ4v) is 3.63. The summed E-state index contributed by atoms with van der Waals surface area (Å²) in [4.78, 5) is 4.70. The molecule has 4 heteroatoms. The molecule has 1 aromatic heterocycles. The number of benzene rings is 3.